The van der Waals surface area contributed by atoms with Gasteiger partial charge in [-0.2, -0.15) is 0 Å². The number of aryl methyl sites for hydroxylation is 1. The third-order valence-corrected chi connectivity index (χ3v) is 5.60. The van der Waals surface area contributed by atoms with Gasteiger partial charge < -0.3 is 14.5 Å². The lowest BCUT2D eigenvalue weighted by atomic mass is 9.95. The normalized spacial score (nSPS) is 15.0. The Morgan fingerprint density at radius 2 is 1.93 bits per heavy atom. The van der Waals surface area contributed by atoms with Gasteiger partial charge in [0.1, 0.15) is 0 Å². The summed E-state index contributed by atoms with van der Waals surface area (Å²) < 4.78 is 4.27. The minimum Gasteiger partial charge on any atom is -0.345 e. The van der Waals surface area contributed by atoms with Crippen LogP contribution in [0, 0.1) is 13.8 Å². The van der Waals surface area contributed by atoms with Crippen LogP contribution in [0.2, 0.25) is 0 Å². The number of benzene rings is 1. The molecule has 2 aromatic heterocycles. The van der Waals surface area contributed by atoms with Crippen molar-refractivity contribution in [2.45, 2.75) is 52.0 Å². The first-order valence-electron chi connectivity index (χ1n) is 9.72. The third-order valence-electron chi connectivity index (χ3n) is 5.60. The molecule has 0 unspecified atom stereocenters. The van der Waals surface area contributed by atoms with E-state index in [1.54, 1.807) is 12.5 Å². The SMILES string of the molecule is Cc1cc(C(=O)Nc2ccccc2-n2ccnc2)c(C)n1C1CCCCC1. The molecule has 3 aromatic rings. The van der Waals surface area contributed by atoms with Crippen LogP contribution in [0.1, 0.15) is 59.9 Å². The molecule has 5 nitrogen and oxygen atoms in total. The van der Waals surface area contributed by atoms with Gasteiger partial charge >= 0.3 is 0 Å². The summed E-state index contributed by atoms with van der Waals surface area (Å²) in [7, 11) is 0. The average molecular weight is 362 g/mol. The summed E-state index contributed by atoms with van der Waals surface area (Å²) in [4.78, 5) is 17.2. The van der Waals surface area contributed by atoms with Crippen molar-refractivity contribution in [3.8, 4) is 5.69 Å². The molecule has 1 aromatic carbocycles. The van der Waals surface area contributed by atoms with Crippen molar-refractivity contribution in [1.82, 2.24) is 14.1 Å². The van der Waals surface area contributed by atoms with E-state index in [4.69, 9.17) is 0 Å². The summed E-state index contributed by atoms with van der Waals surface area (Å²) in [6.45, 7) is 4.18. The van der Waals surface area contributed by atoms with Crippen molar-refractivity contribution >= 4 is 11.6 Å². The number of hydrogen-bond donors (Lipinski definition) is 1. The first-order valence-corrected chi connectivity index (χ1v) is 9.72. The highest BCUT2D eigenvalue weighted by Gasteiger charge is 2.23. The molecule has 2 heterocycles. The smallest absolute Gasteiger partial charge is 0.257 e. The second-order valence-electron chi connectivity index (χ2n) is 7.39. The molecule has 1 saturated carbocycles. The molecule has 5 heteroatoms. The lowest BCUT2D eigenvalue weighted by Gasteiger charge is -2.26. The van der Waals surface area contributed by atoms with Gasteiger partial charge in [0.15, 0.2) is 0 Å². The summed E-state index contributed by atoms with van der Waals surface area (Å²) in [6.07, 6.45) is 11.6. The number of carbonyl (C=O) groups is 1. The highest BCUT2D eigenvalue weighted by molar-refractivity contribution is 6.06. The van der Waals surface area contributed by atoms with Crippen LogP contribution < -0.4 is 5.32 Å². The molecule has 4 rings (SSSR count). The van der Waals surface area contributed by atoms with E-state index in [2.05, 4.69) is 28.7 Å². The Morgan fingerprint density at radius 1 is 1.15 bits per heavy atom. The maximum atomic E-state index is 13.1. The van der Waals surface area contributed by atoms with Crippen molar-refractivity contribution in [3.05, 3.63) is 66.0 Å². The van der Waals surface area contributed by atoms with Gasteiger partial charge in [0, 0.05) is 29.8 Å². The lowest BCUT2D eigenvalue weighted by molar-refractivity contribution is 0.102. The first-order chi connectivity index (χ1) is 13.1. The first kappa shape index (κ1) is 17.6. The van der Waals surface area contributed by atoms with Gasteiger partial charge in [-0.15, -0.1) is 0 Å². The number of rotatable bonds is 4. The Balaban J connectivity index is 1.62. The molecule has 27 heavy (non-hydrogen) atoms. The highest BCUT2D eigenvalue weighted by atomic mass is 16.1. The average Bonchev–Trinajstić information content (AvgIpc) is 3.31. The number of para-hydroxylation sites is 2. The zero-order valence-corrected chi connectivity index (χ0v) is 16.0. The standard InChI is InChI=1S/C22H26N4O/c1-16-14-19(17(2)26(16)18-8-4-3-5-9-18)22(27)24-20-10-6-7-11-21(20)25-13-12-23-15-25/h6-7,10-15,18H,3-5,8-9H2,1-2H3,(H,24,27). The number of hydrogen-bond acceptors (Lipinski definition) is 2. The summed E-state index contributed by atoms with van der Waals surface area (Å²) in [6, 6.07) is 10.3. The highest BCUT2D eigenvalue weighted by Crippen LogP contribution is 2.32. The maximum Gasteiger partial charge on any atom is 0.257 e. The molecule has 0 spiro atoms. The Morgan fingerprint density at radius 3 is 2.67 bits per heavy atom. The molecule has 0 atom stereocenters. The van der Waals surface area contributed by atoms with Crippen LogP contribution in [0.5, 0.6) is 0 Å². The molecule has 0 radical (unpaired) electrons. The van der Waals surface area contributed by atoms with Gasteiger partial charge in [0.2, 0.25) is 0 Å². The van der Waals surface area contributed by atoms with E-state index < -0.39 is 0 Å². The van der Waals surface area contributed by atoms with E-state index >= 15 is 0 Å². The summed E-state index contributed by atoms with van der Waals surface area (Å²) in [5.41, 5.74) is 4.69. The zero-order chi connectivity index (χ0) is 18.8. The van der Waals surface area contributed by atoms with Crippen molar-refractivity contribution < 1.29 is 4.79 Å². The van der Waals surface area contributed by atoms with Crippen LogP contribution in [0.15, 0.2) is 49.1 Å². The summed E-state index contributed by atoms with van der Waals surface area (Å²) in [5, 5.41) is 3.10. The predicted octanol–water partition coefficient (Wildman–Crippen LogP) is 5.05. The van der Waals surface area contributed by atoms with Crippen molar-refractivity contribution in [2.75, 3.05) is 5.32 Å². The zero-order valence-electron chi connectivity index (χ0n) is 16.0. The number of carbonyl (C=O) groups excluding carboxylic acids is 1. The van der Waals surface area contributed by atoms with Crippen LogP contribution in [-0.2, 0) is 0 Å². The fourth-order valence-corrected chi connectivity index (χ4v) is 4.30. The Hall–Kier alpha value is -2.82. The van der Waals surface area contributed by atoms with Crippen molar-refractivity contribution in [3.63, 3.8) is 0 Å². The maximum absolute atomic E-state index is 13.1. The number of nitrogens with one attached hydrogen (secondary N) is 1. The number of imidazole rings is 1. The third kappa shape index (κ3) is 3.42. The lowest BCUT2D eigenvalue weighted by Crippen LogP contribution is -2.17. The van der Waals surface area contributed by atoms with Gasteiger partial charge in [0.25, 0.3) is 5.91 Å². The van der Waals surface area contributed by atoms with E-state index in [0.717, 1.165) is 22.6 Å². The molecule has 1 fully saturated rings. The van der Waals surface area contributed by atoms with E-state index in [0.29, 0.717) is 6.04 Å². The van der Waals surface area contributed by atoms with Gasteiger partial charge in [-0.3, -0.25) is 4.79 Å². The molecule has 0 aliphatic heterocycles. The van der Waals surface area contributed by atoms with E-state index in [1.165, 1.54) is 37.8 Å². The monoisotopic (exact) mass is 362 g/mol. The minimum absolute atomic E-state index is 0.0577. The number of amides is 1. The van der Waals surface area contributed by atoms with Gasteiger partial charge in [-0.25, -0.2) is 4.98 Å². The fraction of sp³-hybridized carbons (Fsp3) is 0.364. The van der Waals surface area contributed by atoms with Crippen LogP contribution in [0.25, 0.3) is 5.69 Å². The second-order valence-corrected chi connectivity index (χ2v) is 7.39. The topological polar surface area (TPSA) is 51.9 Å². The molecule has 1 N–H and O–H groups in total. The van der Waals surface area contributed by atoms with Crippen LogP contribution in [-0.4, -0.2) is 20.0 Å². The minimum atomic E-state index is -0.0577. The fourth-order valence-electron chi connectivity index (χ4n) is 4.30. The Bertz CT molecular complexity index is 933. The van der Waals surface area contributed by atoms with Crippen LogP contribution in [0.3, 0.4) is 0 Å². The van der Waals surface area contributed by atoms with E-state index in [-0.39, 0.29) is 5.91 Å². The Kier molecular flexibility index (Phi) is 4.84. The molecule has 1 amide bonds. The Labute approximate surface area is 160 Å². The molecule has 0 saturated heterocycles. The van der Waals surface area contributed by atoms with Crippen LogP contribution in [0.4, 0.5) is 5.69 Å². The predicted molar refractivity (Wildman–Crippen MR) is 108 cm³/mol. The van der Waals surface area contributed by atoms with Gasteiger partial charge in [-0.05, 0) is 44.9 Å². The molecular formula is C22H26N4O. The molecule has 0 bridgehead atoms. The van der Waals surface area contributed by atoms with Gasteiger partial charge in [-0.1, -0.05) is 31.4 Å². The van der Waals surface area contributed by atoms with E-state index in [1.807, 2.05) is 41.1 Å². The molecule has 140 valence electrons. The molecular weight excluding hydrogens is 336 g/mol. The summed E-state index contributed by atoms with van der Waals surface area (Å²) in [5.74, 6) is -0.0577. The van der Waals surface area contributed by atoms with Crippen molar-refractivity contribution in [1.29, 1.82) is 0 Å². The van der Waals surface area contributed by atoms with Crippen LogP contribution >= 0.6 is 0 Å². The van der Waals surface area contributed by atoms with Crippen molar-refractivity contribution in [2.24, 2.45) is 0 Å². The number of nitrogens with zero attached hydrogens (tertiary/aromatic N) is 3. The molecule has 1 aliphatic carbocycles. The quantitative estimate of drug-likeness (QED) is 0.706. The number of anilines is 1. The van der Waals surface area contributed by atoms with E-state index in [9.17, 15) is 4.79 Å². The number of aromatic nitrogens is 3. The largest absolute Gasteiger partial charge is 0.345 e. The second kappa shape index (κ2) is 7.43. The van der Waals surface area contributed by atoms with Gasteiger partial charge in [0.05, 0.1) is 23.3 Å². The summed E-state index contributed by atoms with van der Waals surface area (Å²) >= 11 is 0. The molecule has 1 aliphatic rings.